The number of carboxylic acid groups (broad SMARTS) is 1. The molecular weight excluding hydrogens is 515 g/mol. The number of benzene rings is 1. The fourth-order valence-electron chi connectivity index (χ4n) is 3.63. The molecule has 0 saturated heterocycles. The number of hydrogen-bond donors (Lipinski definition) is 3. The number of carbonyl (C=O) groups is 1. The van der Waals surface area contributed by atoms with Crippen LogP contribution in [0.25, 0.3) is 0 Å². The van der Waals surface area contributed by atoms with Gasteiger partial charge in [0.15, 0.2) is 0 Å². The lowest BCUT2D eigenvalue weighted by molar-refractivity contribution is -0.137. The molecule has 1 aromatic carbocycles. The molecule has 35 heavy (non-hydrogen) atoms. The SMILES string of the molecule is CN(C[C@H](O)CNC(C)(C)CCCc1ccccc1F)S(=O)(=O)c1cc(CCCC(=O)O)c(Cl)s1. The van der Waals surface area contributed by atoms with Crippen LogP contribution in [-0.2, 0) is 27.7 Å². The van der Waals surface area contributed by atoms with Gasteiger partial charge in [0.2, 0.25) is 0 Å². The number of β-amino-alcohol motifs (C(OH)–C–C–N with tert-alkyl or cyclic N) is 1. The lowest BCUT2D eigenvalue weighted by Crippen LogP contribution is -2.46. The highest BCUT2D eigenvalue weighted by atomic mass is 35.5. The summed E-state index contributed by atoms with van der Waals surface area (Å²) in [5.41, 5.74) is 0.952. The average molecular weight is 549 g/mol. The van der Waals surface area contributed by atoms with E-state index in [0.29, 0.717) is 34.7 Å². The number of halogens is 2. The van der Waals surface area contributed by atoms with Crippen LogP contribution in [-0.4, -0.2) is 60.7 Å². The van der Waals surface area contributed by atoms with Gasteiger partial charge in [-0.1, -0.05) is 29.8 Å². The van der Waals surface area contributed by atoms with Crippen LogP contribution >= 0.6 is 22.9 Å². The third-order valence-electron chi connectivity index (χ3n) is 5.73. The molecule has 2 rings (SSSR count). The van der Waals surface area contributed by atoms with Gasteiger partial charge in [0.25, 0.3) is 10.0 Å². The number of nitrogens with one attached hydrogen (secondary N) is 1. The number of hydrogen-bond acceptors (Lipinski definition) is 6. The molecule has 0 bridgehead atoms. The Hall–Kier alpha value is -1.56. The molecule has 11 heteroatoms. The standard InChI is InChI=1S/C24H34ClFN2O5S2/c1-24(2,13-7-10-17-8-4-5-11-20(17)26)27-15-19(29)16-28(3)35(32,33)22-14-18(23(25)34-22)9-6-12-21(30)31/h4-5,8,11,14,19,27,29H,6-7,9-10,12-13,15-16H2,1-3H3,(H,30,31)/t19-/m1/s1. The summed E-state index contributed by atoms with van der Waals surface area (Å²) in [4.78, 5) is 10.7. The predicted molar refractivity (Wildman–Crippen MR) is 137 cm³/mol. The highest BCUT2D eigenvalue weighted by Gasteiger charge is 2.27. The van der Waals surface area contributed by atoms with Crippen LogP contribution in [0.5, 0.6) is 0 Å². The molecule has 1 atom stereocenters. The Labute approximate surface area is 216 Å². The zero-order valence-corrected chi connectivity index (χ0v) is 22.6. The Morgan fingerprint density at radius 1 is 1.23 bits per heavy atom. The Bertz CT molecular complexity index is 1090. The van der Waals surface area contributed by atoms with Gasteiger partial charge in [-0.2, -0.15) is 4.31 Å². The second kappa shape index (κ2) is 13.1. The predicted octanol–water partition coefficient (Wildman–Crippen LogP) is 4.32. The van der Waals surface area contributed by atoms with Crippen LogP contribution in [0.3, 0.4) is 0 Å². The van der Waals surface area contributed by atoms with Crippen LogP contribution in [0.1, 0.15) is 50.7 Å². The van der Waals surface area contributed by atoms with E-state index >= 15 is 0 Å². The van der Waals surface area contributed by atoms with Gasteiger partial charge >= 0.3 is 5.97 Å². The fourth-order valence-corrected chi connectivity index (χ4v) is 6.85. The molecule has 7 nitrogen and oxygen atoms in total. The van der Waals surface area contributed by atoms with Crippen molar-refractivity contribution in [2.75, 3.05) is 20.1 Å². The molecule has 0 aliphatic rings. The van der Waals surface area contributed by atoms with Crippen LogP contribution < -0.4 is 5.32 Å². The zero-order chi connectivity index (χ0) is 26.2. The second-order valence-electron chi connectivity index (χ2n) is 9.26. The number of aliphatic hydroxyl groups is 1. The van der Waals surface area contributed by atoms with Crippen molar-refractivity contribution in [1.82, 2.24) is 9.62 Å². The van der Waals surface area contributed by atoms with Crippen LogP contribution in [0, 0.1) is 5.82 Å². The molecule has 0 aliphatic carbocycles. The van der Waals surface area contributed by atoms with E-state index in [1.54, 1.807) is 12.1 Å². The molecule has 0 radical (unpaired) electrons. The third-order valence-corrected chi connectivity index (χ3v) is 9.44. The van der Waals surface area contributed by atoms with Crippen LogP contribution in [0.2, 0.25) is 4.34 Å². The molecule has 0 aliphatic heterocycles. The Morgan fingerprint density at radius 2 is 1.89 bits per heavy atom. The molecule has 3 N–H and O–H groups in total. The highest BCUT2D eigenvalue weighted by molar-refractivity contribution is 7.91. The molecule has 2 aromatic rings. The summed E-state index contributed by atoms with van der Waals surface area (Å²) in [7, 11) is -2.45. The lowest BCUT2D eigenvalue weighted by atomic mass is 9.95. The van der Waals surface area contributed by atoms with E-state index in [1.165, 1.54) is 19.2 Å². The number of sulfonamides is 1. The maximum Gasteiger partial charge on any atom is 0.303 e. The average Bonchev–Trinajstić information content (AvgIpc) is 3.14. The summed E-state index contributed by atoms with van der Waals surface area (Å²) in [6, 6.07) is 8.17. The quantitative estimate of drug-likeness (QED) is 0.306. The topological polar surface area (TPSA) is 107 Å². The monoisotopic (exact) mass is 548 g/mol. The molecule has 196 valence electrons. The molecular formula is C24H34ClFN2O5S2. The zero-order valence-electron chi connectivity index (χ0n) is 20.3. The van der Waals surface area contributed by atoms with Gasteiger partial charge in [-0.3, -0.25) is 4.79 Å². The summed E-state index contributed by atoms with van der Waals surface area (Å²) >= 11 is 7.10. The molecule has 0 amide bonds. The first-order valence-corrected chi connectivity index (χ1v) is 14.1. The number of likely N-dealkylation sites (N-methyl/N-ethyl adjacent to an activating group) is 1. The second-order valence-corrected chi connectivity index (χ2v) is 13.2. The summed E-state index contributed by atoms with van der Waals surface area (Å²) in [5, 5.41) is 22.5. The molecule has 0 unspecified atom stereocenters. The first kappa shape index (κ1) is 29.7. The van der Waals surface area contributed by atoms with Crippen molar-refractivity contribution < 1.29 is 27.8 Å². The minimum atomic E-state index is -3.85. The van der Waals surface area contributed by atoms with E-state index in [2.05, 4.69) is 5.32 Å². The molecule has 0 spiro atoms. The molecule has 0 fully saturated rings. The maximum absolute atomic E-state index is 13.8. The largest absolute Gasteiger partial charge is 0.481 e. The Balaban J connectivity index is 1.85. The van der Waals surface area contributed by atoms with Gasteiger partial charge in [0.1, 0.15) is 10.0 Å². The van der Waals surface area contributed by atoms with E-state index in [-0.39, 0.29) is 35.1 Å². The smallest absolute Gasteiger partial charge is 0.303 e. The van der Waals surface area contributed by atoms with Crippen LogP contribution in [0.4, 0.5) is 4.39 Å². The van der Waals surface area contributed by atoms with Crippen molar-refractivity contribution in [3.05, 3.63) is 51.6 Å². The summed E-state index contributed by atoms with van der Waals surface area (Å²) in [6.07, 6.45) is 1.91. The maximum atomic E-state index is 13.8. The number of thiophene rings is 1. The van der Waals surface area contributed by atoms with Gasteiger partial charge in [0, 0.05) is 32.1 Å². The normalized spacial score (nSPS) is 13.3. The first-order valence-electron chi connectivity index (χ1n) is 11.4. The van der Waals surface area contributed by atoms with Crippen molar-refractivity contribution >= 4 is 38.9 Å². The van der Waals surface area contributed by atoms with E-state index in [1.807, 2.05) is 19.9 Å². The summed E-state index contributed by atoms with van der Waals surface area (Å²) in [5.74, 6) is -1.13. The number of aliphatic carboxylic acids is 1. The van der Waals surface area contributed by atoms with E-state index < -0.39 is 22.1 Å². The molecule has 0 saturated carbocycles. The van der Waals surface area contributed by atoms with Gasteiger partial charge in [-0.15, -0.1) is 11.3 Å². The van der Waals surface area contributed by atoms with Gasteiger partial charge < -0.3 is 15.5 Å². The van der Waals surface area contributed by atoms with E-state index in [4.69, 9.17) is 16.7 Å². The number of carboxylic acids is 1. The van der Waals surface area contributed by atoms with E-state index in [0.717, 1.165) is 28.5 Å². The number of aliphatic hydroxyl groups excluding tert-OH is 1. The number of nitrogens with zero attached hydrogens (tertiary/aromatic N) is 1. The highest BCUT2D eigenvalue weighted by Crippen LogP contribution is 2.33. The van der Waals surface area contributed by atoms with Crippen LogP contribution in [0.15, 0.2) is 34.5 Å². The Kier molecular flexibility index (Phi) is 11.1. The fraction of sp³-hybridized carbons (Fsp3) is 0.542. The number of rotatable bonds is 15. The van der Waals surface area contributed by atoms with Crippen molar-refractivity contribution in [3.63, 3.8) is 0 Å². The molecule has 1 heterocycles. The summed E-state index contributed by atoms with van der Waals surface area (Å²) < 4.78 is 41.1. The van der Waals surface area contributed by atoms with E-state index in [9.17, 15) is 22.7 Å². The number of aryl methyl sites for hydroxylation is 2. The first-order chi connectivity index (χ1) is 16.3. The summed E-state index contributed by atoms with van der Waals surface area (Å²) in [6.45, 7) is 4.06. The minimum absolute atomic E-state index is 0.0210. The van der Waals surface area contributed by atoms with Crippen molar-refractivity contribution in [2.24, 2.45) is 0 Å². The van der Waals surface area contributed by atoms with Crippen molar-refractivity contribution in [2.45, 2.75) is 68.2 Å². The van der Waals surface area contributed by atoms with Gasteiger partial charge in [-0.05, 0) is 69.2 Å². The van der Waals surface area contributed by atoms with Gasteiger partial charge in [0.05, 0.1) is 10.4 Å². The van der Waals surface area contributed by atoms with Crippen molar-refractivity contribution in [3.8, 4) is 0 Å². The molecule has 1 aromatic heterocycles. The Morgan fingerprint density at radius 3 is 2.54 bits per heavy atom. The van der Waals surface area contributed by atoms with Crippen molar-refractivity contribution in [1.29, 1.82) is 0 Å². The van der Waals surface area contributed by atoms with Gasteiger partial charge in [-0.25, -0.2) is 12.8 Å². The lowest BCUT2D eigenvalue weighted by Gasteiger charge is -2.29. The minimum Gasteiger partial charge on any atom is -0.481 e. The third kappa shape index (κ3) is 9.44.